The number of carbonyl (C=O) groups is 5. The maximum absolute atomic E-state index is 13.1. The number of fused-ring (bicyclic) bond motifs is 1. The number of nitrogens with two attached hydrogens (primary N) is 1. The summed E-state index contributed by atoms with van der Waals surface area (Å²) in [5, 5.41) is 2.20. The molecule has 2 fully saturated rings. The zero-order valence-electron chi connectivity index (χ0n) is 16.4. The number of hydrogen-bond donors (Lipinski definition) is 2. The summed E-state index contributed by atoms with van der Waals surface area (Å²) >= 11 is 0. The Morgan fingerprint density at radius 2 is 1.80 bits per heavy atom. The quantitative estimate of drug-likeness (QED) is 0.586. The van der Waals surface area contributed by atoms with E-state index in [9.17, 15) is 24.0 Å². The fourth-order valence-electron chi connectivity index (χ4n) is 4.24. The van der Waals surface area contributed by atoms with Gasteiger partial charge in [0.1, 0.15) is 6.04 Å². The van der Waals surface area contributed by atoms with Gasteiger partial charge in [0.25, 0.3) is 11.8 Å². The molecular formula is C20H23N5O5. The number of nitrogens with one attached hydrogen (secondary N) is 1. The van der Waals surface area contributed by atoms with Gasteiger partial charge < -0.3 is 10.6 Å². The van der Waals surface area contributed by atoms with Crippen LogP contribution in [0.4, 0.5) is 0 Å². The summed E-state index contributed by atoms with van der Waals surface area (Å²) in [6.45, 7) is 2.82. The van der Waals surface area contributed by atoms with Crippen LogP contribution >= 0.6 is 0 Å². The predicted molar refractivity (Wildman–Crippen MR) is 104 cm³/mol. The fourth-order valence-corrected chi connectivity index (χ4v) is 4.24. The molecule has 2 saturated heterocycles. The average molecular weight is 413 g/mol. The molecule has 0 aromatic heterocycles. The Labute approximate surface area is 172 Å². The fraction of sp³-hybridized carbons (Fsp3) is 0.450. The Bertz CT molecular complexity index is 938. The van der Waals surface area contributed by atoms with Crippen molar-refractivity contribution in [3.05, 3.63) is 34.9 Å². The van der Waals surface area contributed by atoms with E-state index < -0.39 is 29.7 Å². The second kappa shape index (κ2) is 7.96. The van der Waals surface area contributed by atoms with E-state index in [0.29, 0.717) is 43.9 Å². The molecule has 0 bridgehead atoms. The molecule has 30 heavy (non-hydrogen) atoms. The van der Waals surface area contributed by atoms with Gasteiger partial charge in [-0.25, -0.2) is 0 Å². The van der Waals surface area contributed by atoms with E-state index in [-0.39, 0.29) is 30.9 Å². The summed E-state index contributed by atoms with van der Waals surface area (Å²) in [5.74, 6) is -2.12. The first-order chi connectivity index (χ1) is 14.4. The smallest absolute Gasteiger partial charge is 0.262 e. The van der Waals surface area contributed by atoms with Crippen LogP contribution in [0.2, 0.25) is 0 Å². The van der Waals surface area contributed by atoms with Gasteiger partial charge in [0.15, 0.2) is 0 Å². The molecule has 3 aliphatic heterocycles. The number of benzene rings is 1. The summed E-state index contributed by atoms with van der Waals surface area (Å²) < 4.78 is 0. The molecule has 3 aliphatic rings. The van der Waals surface area contributed by atoms with E-state index in [0.717, 1.165) is 4.90 Å². The first-order valence-corrected chi connectivity index (χ1v) is 9.94. The Hall–Kier alpha value is -3.11. The van der Waals surface area contributed by atoms with Crippen molar-refractivity contribution in [2.24, 2.45) is 5.73 Å². The molecule has 3 N–H and O–H groups in total. The largest absolute Gasteiger partial charge is 0.339 e. The lowest BCUT2D eigenvalue weighted by atomic mass is 10.0. The molecule has 0 aliphatic carbocycles. The number of nitrogens with zero attached hydrogens (tertiary/aromatic N) is 3. The summed E-state index contributed by atoms with van der Waals surface area (Å²) in [6, 6.07) is 4.13. The van der Waals surface area contributed by atoms with Gasteiger partial charge in [0.05, 0.1) is 17.7 Å². The van der Waals surface area contributed by atoms with Gasteiger partial charge in [-0.3, -0.25) is 39.1 Å². The average Bonchev–Trinajstić information content (AvgIpc) is 2.99. The first-order valence-electron chi connectivity index (χ1n) is 9.94. The zero-order valence-corrected chi connectivity index (χ0v) is 16.4. The predicted octanol–water partition coefficient (Wildman–Crippen LogP) is -1.31. The molecule has 10 heteroatoms. The van der Waals surface area contributed by atoms with Gasteiger partial charge in [-0.05, 0) is 18.1 Å². The van der Waals surface area contributed by atoms with Crippen molar-refractivity contribution in [1.29, 1.82) is 0 Å². The van der Waals surface area contributed by atoms with Gasteiger partial charge in [0.2, 0.25) is 17.7 Å². The standard InChI is InChI=1S/C20H23N5O5/c21-10-16(27)24-8-6-23(7-9-24)11-12-2-1-3-13-17(12)20(30)25(19(13)29)14-4-5-15(26)22-18(14)28/h1-3,14H,4-11,21H2,(H,22,26,28). The first kappa shape index (κ1) is 20.2. The molecule has 158 valence electrons. The van der Waals surface area contributed by atoms with E-state index in [1.807, 2.05) is 0 Å². The molecule has 0 radical (unpaired) electrons. The van der Waals surface area contributed by atoms with Crippen LogP contribution in [0.3, 0.4) is 0 Å². The van der Waals surface area contributed by atoms with E-state index in [1.54, 1.807) is 23.1 Å². The van der Waals surface area contributed by atoms with Crippen molar-refractivity contribution in [2.75, 3.05) is 32.7 Å². The third-order valence-corrected chi connectivity index (χ3v) is 5.85. The minimum Gasteiger partial charge on any atom is -0.339 e. The molecule has 1 atom stereocenters. The zero-order chi connectivity index (χ0) is 21.4. The maximum Gasteiger partial charge on any atom is 0.262 e. The highest BCUT2D eigenvalue weighted by Crippen LogP contribution is 2.30. The number of piperazine rings is 1. The highest BCUT2D eigenvalue weighted by atomic mass is 16.2. The van der Waals surface area contributed by atoms with E-state index in [4.69, 9.17) is 5.73 Å². The minimum absolute atomic E-state index is 0.0149. The SMILES string of the molecule is NCC(=O)N1CCN(Cc2cccc3c2C(=O)N(C2CCC(=O)NC2=O)C3=O)CC1. The van der Waals surface area contributed by atoms with Crippen LogP contribution in [0, 0.1) is 0 Å². The molecule has 4 rings (SSSR count). The van der Waals surface area contributed by atoms with Crippen LogP contribution in [0.1, 0.15) is 39.1 Å². The minimum atomic E-state index is -0.978. The Morgan fingerprint density at radius 3 is 2.47 bits per heavy atom. The second-order valence-electron chi connectivity index (χ2n) is 7.65. The summed E-state index contributed by atoms with van der Waals surface area (Å²) in [4.78, 5) is 66.2. The van der Waals surface area contributed by atoms with Crippen LogP contribution in [0.15, 0.2) is 18.2 Å². The number of imide groups is 2. The Kier molecular flexibility index (Phi) is 5.35. The molecule has 1 unspecified atom stereocenters. The molecule has 10 nitrogen and oxygen atoms in total. The normalized spacial score (nSPS) is 22.4. The molecule has 0 saturated carbocycles. The van der Waals surface area contributed by atoms with E-state index >= 15 is 0 Å². The maximum atomic E-state index is 13.1. The Morgan fingerprint density at radius 1 is 1.07 bits per heavy atom. The number of carbonyl (C=O) groups excluding carboxylic acids is 5. The lowest BCUT2D eigenvalue weighted by Crippen LogP contribution is -2.54. The lowest BCUT2D eigenvalue weighted by Gasteiger charge is -2.34. The molecule has 3 heterocycles. The van der Waals surface area contributed by atoms with E-state index in [1.165, 1.54) is 0 Å². The van der Waals surface area contributed by atoms with Crippen molar-refractivity contribution in [2.45, 2.75) is 25.4 Å². The third kappa shape index (κ3) is 3.48. The highest BCUT2D eigenvalue weighted by molar-refractivity contribution is 6.24. The van der Waals surface area contributed by atoms with Crippen molar-refractivity contribution >= 4 is 29.5 Å². The van der Waals surface area contributed by atoms with Gasteiger partial charge >= 0.3 is 0 Å². The number of amides is 5. The Balaban J connectivity index is 1.52. The van der Waals surface area contributed by atoms with Crippen molar-refractivity contribution in [3.8, 4) is 0 Å². The van der Waals surface area contributed by atoms with Crippen molar-refractivity contribution in [3.63, 3.8) is 0 Å². The molecule has 1 aromatic rings. The summed E-state index contributed by atoms with van der Waals surface area (Å²) in [5.41, 5.74) is 6.71. The van der Waals surface area contributed by atoms with Gasteiger partial charge in [0, 0.05) is 39.1 Å². The van der Waals surface area contributed by atoms with Crippen LogP contribution in [-0.4, -0.2) is 83.0 Å². The van der Waals surface area contributed by atoms with Crippen LogP contribution < -0.4 is 11.1 Å². The highest BCUT2D eigenvalue weighted by Gasteiger charge is 2.45. The van der Waals surface area contributed by atoms with Crippen molar-refractivity contribution in [1.82, 2.24) is 20.0 Å². The van der Waals surface area contributed by atoms with Gasteiger partial charge in [-0.1, -0.05) is 12.1 Å². The molecule has 5 amide bonds. The lowest BCUT2D eigenvalue weighted by molar-refractivity contribution is -0.136. The van der Waals surface area contributed by atoms with Gasteiger partial charge in [-0.2, -0.15) is 0 Å². The van der Waals surface area contributed by atoms with Crippen LogP contribution in [0.5, 0.6) is 0 Å². The van der Waals surface area contributed by atoms with Gasteiger partial charge in [-0.15, -0.1) is 0 Å². The topological polar surface area (TPSA) is 133 Å². The van der Waals surface area contributed by atoms with E-state index in [2.05, 4.69) is 10.2 Å². The monoisotopic (exact) mass is 413 g/mol. The van der Waals surface area contributed by atoms with Crippen LogP contribution in [-0.2, 0) is 20.9 Å². The third-order valence-electron chi connectivity index (χ3n) is 5.85. The number of hydrogen-bond acceptors (Lipinski definition) is 7. The molecular weight excluding hydrogens is 390 g/mol. The molecule has 0 spiro atoms. The summed E-state index contributed by atoms with van der Waals surface area (Å²) in [6.07, 6.45) is 0.213. The number of piperidine rings is 1. The van der Waals surface area contributed by atoms with Crippen LogP contribution in [0.25, 0.3) is 0 Å². The number of rotatable bonds is 4. The summed E-state index contributed by atoms with van der Waals surface area (Å²) in [7, 11) is 0. The molecule has 1 aromatic carbocycles. The second-order valence-corrected chi connectivity index (χ2v) is 7.65. The van der Waals surface area contributed by atoms with Crippen molar-refractivity contribution < 1.29 is 24.0 Å².